The van der Waals surface area contributed by atoms with Crippen molar-refractivity contribution in [3.63, 3.8) is 0 Å². The quantitative estimate of drug-likeness (QED) is 0.111. The Kier molecular flexibility index (Phi) is 7.88. The average Bonchev–Trinajstić information content (AvgIpc) is 2.89. The number of nitrogens with zero attached hydrogens (tertiary/aromatic N) is 1. The molecule has 0 saturated carbocycles. The molecule has 4 aromatic rings. The van der Waals surface area contributed by atoms with Gasteiger partial charge in [-0.2, -0.15) is 5.10 Å². The van der Waals surface area contributed by atoms with Crippen LogP contribution in [0.5, 0.6) is 11.5 Å². The minimum Gasteiger partial charge on any atom is -0.483 e. The van der Waals surface area contributed by atoms with Crippen LogP contribution >= 0.6 is 0 Å². The first-order chi connectivity index (χ1) is 17.5. The van der Waals surface area contributed by atoms with Crippen LogP contribution in [0.3, 0.4) is 0 Å². The van der Waals surface area contributed by atoms with Gasteiger partial charge in [-0.25, -0.2) is 10.2 Å². The molecule has 0 aliphatic carbocycles. The van der Waals surface area contributed by atoms with Crippen LogP contribution in [0.1, 0.15) is 27.0 Å². The van der Waals surface area contributed by atoms with Crippen LogP contribution in [-0.2, 0) is 11.2 Å². The molecule has 0 unspecified atom stereocenters. The molecule has 0 spiro atoms. The van der Waals surface area contributed by atoms with Gasteiger partial charge in [-0.05, 0) is 53.9 Å². The van der Waals surface area contributed by atoms with Crippen LogP contribution in [0.2, 0.25) is 0 Å². The first kappa shape index (κ1) is 24.4. The summed E-state index contributed by atoms with van der Waals surface area (Å²) in [4.78, 5) is 25.1. The van der Waals surface area contributed by atoms with E-state index in [0.29, 0.717) is 29.0 Å². The zero-order valence-corrected chi connectivity index (χ0v) is 19.9. The number of benzene rings is 4. The highest BCUT2D eigenvalue weighted by atomic mass is 16.5. The summed E-state index contributed by atoms with van der Waals surface area (Å²) in [5.41, 5.74) is 5.41. The van der Waals surface area contributed by atoms with Gasteiger partial charge < -0.3 is 9.47 Å². The van der Waals surface area contributed by atoms with E-state index in [4.69, 9.17) is 9.47 Å². The lowest BCUT2D eigenvalue weighted by Gasteiger charge is -2.11. The van der Waals surface area contributed by atoms with Crippen molar-refractivity contribution < 1.29 is 19.1 Å². The number of esters is 1. The molecule has 0 bridgehead atoms. The van der Waals surface area contributed by atoms with E-state index in [1.807, 2.05) is 67.6 Å². The van der Waals surface area contributed by atoms with Crippen LogP contribution < -0.4 is 14.9 Å². The van der Waals surface area contributed by atoms with Gasteiger partial charge in [0.25, 0.3) is 5.91 Å². The maximum Gasteiger partial charge on any atom is 0.343 e. The molecule has 6 heteroatoms. The number of ether oxygens (including phenoxy) is 2. The van der Waals surface area contributed by atoms with Gasteiger partial charge in [0.15, 0.2) is 6.61 Å². The molecule has 0 heterocycles. The summed E-state index contributed by atoms with van der Waals surface area (Å²) in [6.45, 7) is 5.46. The van der Waals surface area contributed by atoms with Crippen molar-refractivity contribution >= 4 is 28.9 Å². The van der Waals surface area contributed by atoms with Gasteiger partial charge in [0.05, 0.1) is 11.8 Å². The van der Waals surface area contributed by atoms with E-state index < -0.39 is 11.9 Å². The molecule has 1 amide bonds. The first-order valence-electron chi connectivity index (χ1n) is 11.5. The van der Waals surface area contributed by atoms with Crippen LogP contribution in [0.15, 0.2) is 103 Å². The number of hydrogen-bond acceptors (Lipinski definition) is 5. The monoisotopic (exact) mass is 478 g/mol. The number of hydrogen-bond donors (Lipinski definition) is 1. The summed E-state index contributed by atoms with van der Waals surface area (Å²) in [6.07, 6.45) is 3.89. The molecular formula is C30H26N2O4. The maximum absolute atomic E-state index is 12.8. The molecule has 1 N–H and O–H groups in total. The molecule has 0 atom stereocenters. The zero-order valence-electron chi connectivity index (χ0n) is 19.9. The second kappa shape index (κ2) is 11.6. The Hall–Kier alpha value is -4.71. The third-order valence-corrected chi connectivity index (χ3v) is 5.47. The predicted molar refractivity (Wildman–Crippen MR) is 142 cm³/mol. The standard InChI is InChI=1S/C30H26N2O4/c1-3-9-23-12-5-7-15-27(23)35-20-29(33)32-31-19-26-25-14-6-4-11-22(25)16-17-28(26)36-30(34)24-13-8-10-21(2)18-24/h3-8,10-19H,1,9,20H2,2H3,(H,32,33)/b31-19+. The summed E-state index contributed by atoms with van der Waals surface area (Å²) in [7, 11) is 0. The molecular weight excluding hydrogens is 452 g/mol. The predicted octanol–water partition coefficient (Wildman–Crippen LogP) is 5.63. The number of hydrazone groups is 1. The highest BCUT2D eigenvalue weighted by Gasteiger charge is 2.14. The molecule has 0 radical (unpaired) electrons. The van der Waals surface area contributed by atoms with Crippen molar-refractivity contribution in [2.75, 3.05) is 6.61 Å². The van der Waals surface area contributed by atoms with Gasteiger partial charge in [0, 0.05) is 5.56 Å². The second-order valence-corrected chi connectivity index (χ2v) is 8.14. The highest BCUT2D eigenvalue weighted by Crippen LogP contribution is 2.27. The van der Waals surface area contributed by atoms with E-state index >= 15 is 0 Å². The Bertz CT molecular complexity index is 1440. The zero-order chi connectivity index (χ0) is 25.3. The Labute approximate surface area is 209 Å². The van der Waals surface area contributed by atoms with E-state index in [2.05, 4.69) is 17.1 Å². The van der Waals surface area contributed by atoms with E-state index in [1.54, 1.807) is 30.3 Å². The van der Waals surface area contributed by atoms with Crippen molar-refractivity contribution in [2.24, 2.45) is 5.10 Å². The number of fused-ring (bicyclic) bond motifs is 1. The molecule has 6 nitrogen and oxygen atoms in total. The van der Waals surface area contributed by atoms with Crippen LogP contribution in [0.4, 0.5) is 0 Å². The van der Waals surface area contributed by atoms with Crippen LogP contribution in [0.25, 0.3) is 10.8 Å². The number of allylic oxidation sites excluding steroid dienone is 1. The second-order valence-electron chi connectivity index (χ2n) is 8.14. The Morgan fingerprint density at radius 1 is 0.944 bits per heavy atom. The Morgan fingerprint density at radius 2 is 1.75 bits per heavy atom. The van der Waals surface area contributed by atoms with E-state index in [1.165, 1.54) is 6.21 Å². The largest absolute Gasteiger partial charge is 0.483 e. The van der Waals surface area contributed by atoms with Crippen molar-refractivity contribution in [1.29, 1.82) is 0 Å². The lowest BCUT2D eigenvalue weighted by Crippen LogP contribution is -2.25. The SMILES string of the molecule is C=CCc1ccccc1OCC(=O)N/N=C/c1c(OC(=O)c2cccc(C)c2)ccc2ccccc12. The highest BCUT2D eigenvalue weighted by molar-refractivity contribution is 6.04. The number of para-hydroxylation sites is 1. The van der Waals surface area contributed by atoms with Gasteiger partial charge >= 0.3 is 5.97 Å². The molecule has 0 aliphatic heterocycles. The van der Waals surface area contributed by atoms with Gasteiger partial charge in [0.2, 0.25) is 0 Å². The fourth-order valence-corrected chi connectivity index (χ4v) is 3.74. The Balaban J connectivity index is 1.50. The fraction of sp³-hybridized carbons (Fsp3) is 0.100. The maximum atomic E-state index is 12.8. The van der Waals surface area contributed by atoms with Crippen molar-refractivity contribution in [3.8, 4) is 11.5 Å². The van der Waals surface area contributed by atoms with E-state index in [9.17, 15) is 9.59 Å². The van der Waals surface area contributed by atoms with Crippen LogP contribution in [-0.4, -0.2) is 24.7 Å². The number of aryl methyl sites for hydroxylation is 1. The van der Waals surface area contributed by atoms with E-state index in [0.717, 1.165) is 21.9 Å². The fourth-order valence-electron chi connectivity index (χ4n) is 3.74. The minimum absolute atomic E-state index is 0.198. The molecule has 4 aromatic carbocycles. The molecule has 0 aromatic heterocycles. The number of carbonyl (C=O) groups is 2. The van der Waals surface area contributed by atoms with Gasteiger partial charge in [-0.1, -0.05) is 72.3 Å². The molecule has 36 heavy (non-hydrogen) atoms. The molecule has 4 rings (SSSR count). The summed E-state index contributed by atoms with van der Waals surface area (Å²) in [5, 5.41) is 5.89. The average molecular weight is 479 g/mol. The normalized spacial score (nSPS) is 10.8. The lowest BCUT2D eigenvalue weighted by molar-refractivity contribution is -0.123. The summed E-state index contributed by atoms with van der Waals surface area (Å²) in [5.74, 6) is 0.0705. The van der Waals surface area contributed by atoms with Crippen molar-refractivity contribution in [3.05, 3.63) is 120 Å². The van der Waals surface area contributed by atoms with Crippen molar-refractivity contribution in [1.82, 2.24) is 5.43 Å². The smallest absolute Gasteiger partial charge is 0.343 e. The third-order valence-electron chi connectivity index (χ3n) is 5.47. The van der Waals surface area contributed by atoms with E-state index in [-0.39, 0.29) is 6.61 Å². The summed E-state index contributed by atoms with van der Waals surface area (Å²) in [6, 6.07) is 25.9. The minimum atomic E-state index is -0.473. The van der Waals surface area contributed by atoms with Gasteiger partial charge in [0.1, 0.15) is 11.5 Å². The topological polar surface area (TPSA) is 77.0 Å². The molecule has 0 fully saturated rings. The van der Waals surface area contributed by atoms with Gasteiger partial charge in [-0.15, -0.1) is 6.58 Å². The summed E-state index contributed by atoms with van der Waals surface area (Å²) < 4.78 is 11.4. The number of carbonyl (C=O) groups excluding carboxylic acids is 2. The van der Waals surface area contributed by atoms with Crippen LogP contribution in [0, 0.1) is 6.92 Å². The number of amides is 1. The number of nitrogens with one attached hydrogen (secondary N) is 1. The lowest BCUT2D eigenvalue weighted by atomic mass is 10.0. The molecule has 180 valence electrons. The van der Waals surface area contributed by atoms with Crippen molar-refractivity contribution in [2.45, 2.75) is 13.3 Å². The third kappa shape index (κ3) is 6.04. The molecule has 0 aliphatic rings. The van der Waals surface area contributed by atoms with Gasteiger partial charge in [-0.3, -0.25) is 4.79 Å². The first-order valence-corrected chi connectivity index (χ1v) is 11.5. The number of rotatable bonds is 9. The Morgan fingerprint density at radius 3 is 2.58 bits per heavy atom. The molecule has 0 saturated heterocycles. The summed E-state index contributed by atoms with van der Waals surface area (Å²) >= 11 is 0.